The first-order valence-corrected chi connectivity index (χ1v) is 4.75. The summed E-state index contributed by atoms with van der Waals surface area (Å²) in [6.45, 7) is 0. The highest BCUT2D eigenvalue weighted by Crippen LogP contribution is 2.15. The third kappa shape index (κ3) is 3.01. The van der Waals surface area contributed by atoms with Crippen LogP contribution in [0.4, 0.5) is 0 Å². The molecule has 0 saturated heterocycles. The van der Waals surface area contributed by atoms with Crippen molar-refractivity contribution in [3.05, 3.63) is 35.9 Å². The van der Waals surface area contributed by atoms with Crippen LogP contribution >= 0.6 is 0 Å². The van der Waals surface area contributed by atoms with Crippen molar-refractivity contribution in [2.75, 3.05) is 0 Å². The molecule has 0 amide bonds. The summed E-state index contributed by atoms with van der Waals surface area (Å²) in [7, 11) is 0. The smallest absolute Gasteiger partial charge is 0.167 e. The fourth-order valence-corrected chi connectivity index (χ4v) is 1.38. The van der Waals surface area contributed by atoms with Crippen LogP contribution in [0.3, 0.4) is 0 Å². The molecule has 0 fully saturated rings. The fraction of sp³-hybridized carbons (Fsp3) is 0.214. The fourth-order valence-electron chi connectivity index (χ4n) is 1.38. The van der Waals surface area contributed by atoms with Gasteiger partial charge in [0.25, 0.3) is 0 Å². The molecule has 0 N–H and O–H groups in total. The second-order valence-electron chi connectivity index (χ2n) is 3.24. The van der Waals surface area contributed by atoms with Crippen LogP contribution in [0.2, 0.25) is 0 Å². The van der Waals surface area contributed by atoms with Gasteiger partial charge < -0.3 is 0 Å². The van der Waals surface area contributed by atoms with Gasteiger partial charge >= 0.3 is 0 Å². The lowest BCUT2D eigenvalue weighted by Gasteiger charge is -2.09. The van der Waals surface area contributed by atoms with E-state index in [2.05, 4.69) is 11.8 Å². The zero-order valence-electron chi connectivity index (χ0n) is 8.44. The Labute approximate surface area is 90.5 Å². The summed E-state index contributed by atoms with van der Waals surface area (Å²) in [6.07, 6.45) is 11.2. The monoisotopic (exact) mass is 196 g/mol. The number of ketones is 1. The minimum atomic E-state index is -0.248. The summed E-state index contributed by atoms with van der Waals surface area (Å²) >= 11 is 0. The van der Waals surface area contributed by atoms with Crippen molar-refractivity contribution in [2.45, 2.75) is 12.8 Å². The maximum absolute atomic E-state index is 11.9. The normalized spacial score (nSPS) is 9.27. The first-order chi connectivity index (χ1) is 7.29. The number of hydrogen-bond acceptors (Lipinski definition) is 1. The summed E-state index contributed by atoms with van der Waals surface area (Å²) in [5.74, 6) is 4.76. The van der Waals surface area contributed by atoms with Crippen molar-refractivity contribution in [3.63, 3.8) is 0 Å². The summed E-state index contributed by atoms with van der Waals surface area (Å²) in [5.41, 5.74) is 0.674. The van der Waals surface area contributed by atoms with E-state index in [1.54, 1.807) is 12.1 Å². The molecule has 1 aromatic carbocycles. The van der Waals surface area contributed by atoms with Gasteiger partial charge in [-0.25, -0.2) is 0 Å². The highest BCUT2D eigenvalue weighted by atomic mass is 16.1. The van der Waals surface area contributed by atoms with Gasteiger partial charge in [-0.3, -0.25) is 4.79 Å². The van der Waals surface area contributed by atoms with Crippen LogP contribution in [0.15, 0.2) is 30.3 Å². The Hall–Kier alpha value is -1.99. The molecule has 0 unspecified atom stereocenters. The summed E-state index contributed by atoms with van der Waals surface area (Å²) in [6, 6.07) is 9.09. The van der Waals surface area contributed by atoms with Gasteiger partial charge in [-0.2, -0.15) is 0 Å². The topological polar surface area (TPSA) is 17.1 Å². The minimum absolute atomic E-state index is 0.0338. The number of carbonyl (C=O) groups is 1. The Morgan fingerprint density at radius 1 is 1.13 bits per heavy atom. The molecule has 0 aliphatic rings. The number of terminal acetylenes is 2. The highest BCUT2D eigenvalue weighted by Gasteiger charge is 2.17. The van der Waals surface area contributed by atoms with Crippen LogP contribution in [0.25, 0.3) is 0 Å². The van der Waals surface area contributed by atoms with Gasteiger partial charge in [0.2, 0.25) is 0 Å². The Bertz CT molecular complexity index is 387. The average molecular weight is 196 g/mol. The molecule has 0 saturated carbocycles. The van der Waals surface area contributed by atoms with E-state index in [4.69, 9.17) is 12.8 Å². The second-order valence-corrected chi connectivity index (χ2v) is 3.24. The van der Waals surface area contributed by atoms with Crippen LogP contribution in [0.1, 0.15) is 23.2 Å². The number of rotatable bonds is 4. The maximum atomic E-state index is 11.9. The third-order valence-electron chi connectivity index (χ3n) is 2.16. The van der Waals surface area contributed by atoms with Crippen molar-refractivity contribution in [3.8, 4) is 24.7 Å². The lowest BCUT2D eigenvalue weighted by molar-refractivity contribution is 0.0924. The SMILES string of the molecule is C#CCC(CC#C)C(=O)c1ccccc1. The molecule has 0 aliphatic heterocycles. The maximum Gasteiger partial charge on any atom is 0.167 e. The molecule has 0 radical (unpaired) electrons. The van der Waals surface area contributed by atoms with E-state index in [0.29, 0.717) is 18.4 Å². The van der Waals surface area contributed by atoms with Crippen molar-refractivity contribution < 1.29 is 4.79 Å². The largest absolute Gasteiger partial charge is 0.294 e. The van der Waals surface area contributed by atoms with Crippen LogP contribution in [0.5, 0.6) is 0 Å². The van der Waals surface area contributed by atoms with Gasteiger partial charge in [-0.15, -0.1) is 24.7 Å². The van der Waals surface area contributed by atoms with Gasteiger partial charge in [0.05, 0.1) is 0 Å². The predicted molar refractivity (Wildman–Crippen MR) is 61.2 cm³/mol. The Morgan fingerprint density at radius 3 is 2.13 bits per heavy atom. The molecule has 1 nitrogen and oxygen atoms in total. The molecular formula is C14H12O. The van der Waals surface area contributed by atoms with Crippen LogP contribution in [-0.2, 0) is 0 Å². The number of benzene rings is 1. The molecule has 0 bridgehead atoms. The van der Waals surface area contributed by atoms with E-state index in [1.807, 2.05) is 18.2 Å². The lowest BCUT2D eigenvalue weighted by atomic mass is 9.92. The van der Waals surface area contributed by atoms with Crippen LogP contribution < -0.4 is 0 Å². The van der Waals surface area contributed by atoms with Gasteiger partial charge in [0, 0.05) is 24.3 Å². The molecular weight excluding hydrogens is 184 g/mol. The van der Waals surface area contributed by atoms with Crippen molar-refractivity contribution in [1.29, 1.82) is 0 Å². The van der Waals surface area contributed by atoms with E-state index >= 15 is 0 Å². The van der Waals surface area contributed by atoms with Gasteiger partial charge in [0.15, 0.2) is 5.78 Å². The molecule has 15 heavy (non-hydrogen) atoms. The Kier molecular flexibility index (Phi) is 4.20. The summed E-state index contributed by atoms with van der Waals surface area (Å²) in [4.78, 5) is 11.9. The molecule has 0 atom stereocenters. The van der Waals surface area contributed by atoms with E-state index in [9.17, 15) is 4.79 Å². The summed E-state index contributed by atoms with van der Waals surface area (Å²) in [5, 5.41) is 0. The lowest BCUT2D eigenvalue weighted by Crippen LogP contribution is -2.13. The van der Waals surface area contributed by atoms with E-state index < -0.39 is 0 Å². The van der Waals surface area contributed by atoms with Crippen molar-refractivity contribution in [2.24, 2.45) is 5.92 Å². The first-order valence-electron chi connectivity index (χ1n) is 4.75. The number of Topliss-reactive ketones (excluding diaryl/α,β-unsaturated/α-hetero) is 1. The van der Waals surface area contributed by atoms with Crippen molar-refractivity contribution in [1.82, 2.24) is 0 Å². The van der Waals surface area contributed by atoms with E-state index in [0.717, 1.165) is 0 Å². The second kappa shape index (κ2) is 5.68. The Balaban J connectivity index is 2.83. The molecule has 1 rings (SSSR count). The van der Waals surface area contributed by atoms with Gasteiger partial charge in [-0.1, -0.05) is 30.3 Å². The van der Waals surface area contributed by atoms with E-state index in [-0.39, 0.29) is 11.7 Å². The Morgan fingerprint density at radius 2 is 1.67 bits per heavy atom. The number of carbonyl (C=O) groups excluding carboxylic acids is 1. The molecule has 1 heteroatoms. The molecule has 0 heterocycles. The minimum Gasteiger partial charge on any atom is -0.294 e. The standard InChI is InChI=1S/C14H12O/c1-3-8-12(9-4-2)14(15)13-10-6-5-7-11-13/h1-2,5-7,10-12H,8-9H2. The van der Waals surface area contributed by atoms with Gasteiger partial charge in [0.1, 0.15) is 0 Å². The van der Waals surface area contributed by atoms with Gasteiger partial charge in [-0.05, 0) is 0 Å². The third-order valence-corrected chi connectivity index (χ3v) is 2.16. The molecule has 0 spiro atoms. The zero-order chi connectivity index (χ0) is 11.1. The highest BCUT2D eigenvalue weighted by molar-refractivity contribution is 5.98. The first kappa shape index (κ1) is 11.1. The van der Waals surface area contributed by atoms with Crippen LogP contribution in [0, 0.1) is 30.6 Å². The quantitative estimate of drug-likeness (QED) is 0.534. The molecule has 0 aromatic heterocycles. The van der Waals surface area contributed by atoms with Crippen molar-refractivity contribution >= 4 is 5.78 Å². The predicted octanol–water partition coefficient (Wildman–Crippen LogP) is 2.53. The molecule has 74 valence electrons. The number of hydrogen-bond donors (Lipinski definition) is 0. The average Bonchev–Trinajstić information content (AvgIpc) is 2.29. The summed E-state index contributed by atoms with van der Waals surface area (Å²) < 4.78 is 0. The zero-order valence-corrected chi connectivity index (χ0v) is 8.44. The molecule has 1 aromatic rings. The van der Waals surface area contributed by atoms with Crippen LogP contribution in [-0.4, -0.2) is 5.78 Å². The van der Waals surface area contributed by atoms with E-state index in [1.165, 1.54) is 0 Å². The molecule has 0 aliphatic carbocycles.